The Kier molecular flexibility index (Phi) is 5.97. The zero-order valence-electron chi connectivity index (χ0n) is 18.6. The van der Waals surface area contributed by atoms with Crippen molar-refractivity contribution < 1.29 is 14.0 Å². The van der Waals surface area contributed by atoms with Crippen LogP contribution in [0.1, 0.15) is 52.9 Å². The minimum absolute atomic E-state index is 0.134. The molecular formula is C25H24FN5O2. The fourth-order valence-electron chi connectivity index (χ4n) is 4.34. The van der Waals surface area contributed by atoms with E-state index in [1.807, 2.05) is 20.0 Å². The van der Waals surface area contributed by atoms with E-state index in [-0.39, 0.29) is 23.3 Å². The molecule has 4 rings (SSSR count). The minimum atomic E-state index is -0.725. The summed E-state index contributed by atoms with van der Waals surface area (Å²) in [6, 6.07) is 12.2. The van der Waals surface area contributed by atoms with E-state index >= 15 is 0 Å². The van der Waals surface area contributed by atoms with E-state index in [9.17, 15) is 14.0 Å². The second-order valence-electron chi connectivity index (χ2n) is 8.60. The third-order valence-electron chi connectivity index (χ3n) is 5.70. The van der Waals surface area contributed by atoms with Crippen LogP contribution in [0, 0.1) is 23.1 Å². The van der Waals surface area contributed by atoms with Gasteiger partial charge in [0.05, 0.1) is 23.7 Å². The Balaban J connectivity index is 1.82. The summed E-state index contributed by atoms with van der Waals surface area (Å²) in [7, 11) is 1.78. The highest BCUT2D eigenvalue weighted by Gasteiger charge is 2.44. The molecule has 1 N–H and O–H groups in total. The summed E-state index contributed by atoms with van der Waals surface area (Å²) < 4.78 is 15.4. The number of carbonyl (C=O) groups is 2. The molecule has 1 aliphatic heterocycles. The molecule has 1 aliphatic rings. The van der Waals surface area contributed by atoms with Crippen LogP contribution in [0.5, 0.6) is 0 Å². The van der Waals surface area contributed by atoms with Crippen molar-refractivity contribution >= 4 is 17.5 Å². The number of fused-ring (bicyclic) bond motifs is 1. The van der Waals surface area contributed by atoms with Crippen molar-refractivity contribution in [3.05, 3.63) is 82.9 Å². The van der Waals surface area contributed by atoms with Crippen molar-refractivity contribution in [2.75, 3.05) is 11.9 Å². The maximum Gasteiger partial charge on any atom is 0.254 e. The maximum atomic E-state index is 13.8. The smallest absolute Gasteiger partial charge is 0.254 e. The Morgan fingerprint density at radius 3 is 2.70 bits per heavy atom. The van der Waals surface area contributed by atoms with Crippen LogP contribution in [-0.4, -0.2) is 33.0 Å². The van der Waals surface area contributed by atoms with E-state index in [1.54, 1.807) is 53.2 Å². The molecule has 2 heterocycles. The number of amides is 2. The molecule has 2 atom stereocenters. The van der Waals surface area contributed by atoms with E-state index in [0.29, 0.717) is 23.4 Å². The van der Waals surface area contributed by atoms with Crippen LogP contribution in [0.3, 0.4) is 0 Å². The second kappa shape index (κ2) is 8.87. The lowest BCUT2D eigenvalue weighted by Gasteiger charge is -2.42. The Labute approximate surface area is 191 Å². The van der Waals surface area contributed by atoms with Gasteiger partial charge in [-0.1, -0.05) is 32.0 Å². The number of aryl methyl sites for hydroxylation is 1. The molecule has 33 heavy (non-hydrogen) atoms. The predicted octanol–water partition coefficient (Wildman–Crippen LogP) is 4.01. The van der Waals surface area contributed by atoms with Crippen molar-refractivity contribution in [2.45, 2.75) is 25.8 Å². The van der Waals surface area contributed by atoms with Crippen LogP contribution in [0.2, 0.25) is 0 Å². The van der Waals surface area contributed by atoms with Gasteiger partial charge in [-0.2, -0.15) is 10.4 Å². The van der Waals surface area contributed by atoms with Gasteiger partial charge in [-0.15, -0.1) is 0 Å². The first kappa shape index (κ1) is 22.2. The Morgan fingerprint density at radius 2 is 2.03 bits per heavy atom. The highest BCUT2D eigenvalue weighted by molar-refractivity contribution is 6.04. The lowest BCUT2D eigenvalue weighted by Crippen LogP contribution is -2.47. The number of hydrogen-bond donors (Lipinski definition) is 1. The van der Waals surface area contributed by atoms with Crippen LogP contribution in [-0.2, 0) is 11.8 Å². The van der Waals surface area contributed by atoms with Crippen molar-refractivity contribution in [3.63, 3.8) is 0 Å². The van der Waals surface area contributed by atoms with Crippen LogP contribution < -0.4 is 5.32 Å². The van der Waals surface area contributed by atoms with Gasteiger partial charge in [0.15, 0.2) is 0 Å². The van der Waals surface area contributed by atoms with Crippen molar-refractivity contribution in [2.24, 2.45) is 13.0 Å². The lowest BCUT2D eigenvalue weighted by atomic mass is 9.79. The van der Waals surface area contributed by atoms with Crippen LogP contribution in [0.15, 0.2) is 54.9 Å². The fraction of sp³-hybridized carbons (Fsp3) is 0.280. The topological polar surface area (TPSA) is 91.0 Å². The normalized spacial score (nSPS) is 17.6. The largest absolute Gasteiger partial charge is 0.330 e. The quantitative estimate of drug-likeness (QED) is 0.643. The van der Waals surface area contributed by atoms with Crippen molar-refractivity contribution in [3.8, 4) is 6.07 Å². The monoisotopic (exact) mass is 445 g/mol. The van der Waals surface area contributed by atoms with Crippen LogP contribution in [0.4, 0.5) is 10.1 Å². The van der Waals surface area contributed by atoms with Crippen LogP contribution in [0.25, 0.3) is 0 Å². The van der Waals surface area contributed by atoms with E-state index in [1.165, 1.54) is 12.1 Å². The van der Waals surface area contributed by atoms with Gasteiger partial charge in [-0.25, -0.2) is 4.39 Å². The number of benzene rings is 2. The minimum Gasteiger partial charge on any atom is -0.330 e. The highest BCUT2D eigenvalue weighted by atomic mass is 19.1. The molecular weight excluding hydrogens is 421 g/mol. The number of rotatable bonds is 5. The van der Waals surface area contributed by atoms with Crippen LogP contribution >= 0.6 is 0 Å². The van der Waals surface area contributed by atoms with Gasteiger partial charge >= 0.3 is 0 Å². The molecule has 0 saturated carbocycles. The third kappa shape index (κ3) is 4.22. The van der Waals surface area contributed by atoms with Gasteiger partial charge in [0.2, 0.25) is 5.91 Å². The highest BCUT2D eigenvalue weighted by Crippen LogP contribution is 2.43. The van der Waals surface area contributed by atoms with Gasteiger partial charge in [-0.3, -0.25) is 14.3 Å². The molecule has 0 saturated heterocycles. The van der Waals surface area contributed by atoms with Gasteiger partial charge in [0, 0.05) is 36.6 Å². The first-order valence-electron chi connectivity index (χ1n) is 10.7. The number of halogens is 1. The maximum absolute atomic E-state index is 13.8. The predicted molar refractivity (Wildman–Crippen MR) is 121 cm³/mol. The first-order chi connectivity index (χ1) is 15.8. The van der Waals surface area contributed by atoms with Gasteiger partial charge in [0.1, 0.15) is 11.9 Å². The average molecular weight is 445 g/mol. The Bertz CT molecular complexity index is 1260. The molecule has 7 nitrogen and oxygen atoms in total. The second-order valence-corrected chi connectivity index (χ2v) is 8.60. The zero-order chi connectivity index (χ0) is 23.7. The van der Waals surface area contributed by atoms with Crippen molar-refractivity contribution in [1.29, 1.82) is 5.26 Å². The summed E-state index contributed by atoms with van der Waals surface area (Å²) in [6.07, 6.45) is 3.48. The number of anilines is 1. The molecule has 168 valence electrons. The van der Waals surface area contributed by atoms with E-state index < -0.39 is 17.8 Å². The Hall–Kier alpha value is -3.99. The molecule has 0 bridgehead atoms. The Morgan fingerprint density at radius 1 is 1.27 bits per heavy atom. The van der Waals surface area contributed by atoms with Gasteiger partial charge in [0.25, 0.3) is 5.91 Å². The number of nitrogens with one attached hydrogen (secondary N) is 1. The number of nitrogens with zero attached hydrogens (tertiary/aromatic N) is 4. The summed E-state index contributed by atoms with van der Waals surface area (Å²) in [5.41, 5.74) is 2.01. The molecule has 0 radical (unpaired) electrons. The molecule has 0 spiro atoms. The molecule has 8 heteroatoms. The molecule has 0 fully saturated rings. The summed E-state index contributed by atoms with van der Waals surface area (Å²) in [4.78, 5) is 28.9. The van der Waals surface area contributed by atoms with Gasteiger partial charge < -0.3 is 10.2 Å². The zero-order valence-corrected chi connectivity index (χ0v) is 18.6. The number of aromatic nitrogens is 2. The molecule has 2 unspecified atom stereocenters. The molecule has 0 aliphatic carbocycles. The molecule has 3 aromatic rings. The summed E-state index contributed by atoms with van der Waals surface area (Å²) >= 11 is 0. The lowest BCUT2D eigenvalue weighted by molar-refractivity contribution is -0.119. The van der Waals surface area contributed by atoms with Gasteiger partial charge in [-0.05, 0) is 35.7 Å². The summed E-state index contributed by atoms with van der Waals surface area (Å²) in [5, 5.41) is 16.2. The molecule has 2 aromatic carbocycles. The SMILES string of the molecule is CC(C)CN1C(=O)c2ccccc2C(C(=O)Nc2ccc(F)c(C#N)c2)C1c1cnn(C)c1. The molecule has 1 aromatic heterocycles. The number of nitriles is 1. The third-order valence-corrected chi connectivity index (χ3v) is 5.70. The fourth-order valence-corrected chi connectivity index (χ4v) is 4.34. The van der Waals surface area contributed by atoms with E-state index in [2.05, 4.69) is 10.4 Å². The number of hydrogen-bond acceptors (Lipinski definition) is 4. The van der Waals surface area contributed by atoms with Crippen molar-refractivity contribution in [1.82, 2.24) is 14.7 Å². The first-order valence-corrected chi connectivity index (χ1v) is 10.7. The van der Waals surface area contributed by atoms with E-state index in [0.717, 1.165) is 11.6 Å². The average Bonchev–Trinajstić information content (AvgIpc) is 3.22. The molecule has 2 amide bonds. The van der Waals surface area contributed by atoms with E-state index in [4.69, 9.17) is 5.26 Å². The standard InChI is InChI=1S/C25H24FN5O2/c1-15(2)13-31-23(17-12-28-30(3)14-17)22(19-6-4-5-7-20(19)25(31)33)24(32)29-18-8-9-21(26)16(10-18)11-27/h4-10,12,14-15,22-23H,13H2,1-3H3,(H,29,32). The number of carbonyl (C=O) groups excluding carboxylic acids is 2. The summed E-state index contributed by atoms with van der Waals surface area (Å²) in [6.45, 7) is 4.50. The summed E-state index contributed by atoms with van der Waals surface area (Å²) in [5.74, 6) is -1.69.